The third-order valence-electron chi connectivity index (χ3n) is 1.98. The highest BCUT2D eigenvalue weighted by molar-refractivity contribution is 5.90. The lowest BCUT2D eigenvalue weighted by Crippen LogP contribution is -2.33. The van der Waals surface area contributed by atoms with Crippen LogP contribution in [0.3, 0.4) is 0 Å². The van der Waals surface area contributed by atoms with Gasteiger partial charge in [-0.15, -0.1) is 5.10 Å². The molecule has 0 saturated heterocycles. The van der Waals surface area contributed by atoms with E-state index in [1.165, 1.54) is 0 Å². The van der Waals surface area contributed by atoms with Crippen LogP contribution in [0.2, 0.25) is 0 Å². The zero-order valence-electron chi connectivity index (χ0n) is 9.04. The third kappa shape index (κ3) is 2.93. The fraction of sp³-hybridized carbons (Fsp3) is 0.667. The fourth-order valence-electron chi connectivity index (χ4n) is 1.38. The fourth-order valence-corrected chi connectivity index (χ4v) is 1.38. The summed E-state index contributed by atoms with van der Waals surface area (Å²) in [4.78, 5) is 26.6. The summed E-state index contributed by atoms with van der Waals surface area (Å²) in [5.41, 5.74) is -0.453. The summed E-state index contributed by atoms with van der Waals surface area (Å²) in [6, 6.07) is 0. The molecule has 0 fully saturated rings. The molecule has 0 bridgehead atoms. The van der Waals surface area contributed by atoms with Crippen molar-refractivity contribution in [3.8, 4) is 0 Å². The van der Waals surface area contributed by atoms with E-state index in [1.54, 1.807) is 4.90 Å². The molecule has 0 unspecified atom stereocenters. The van der Waals surface area contributed by atoms with Crippen LogP contribution in [0.1, 0.15) is 37.3 Å². The van der Waals surface area contributed by atoms with Gasteiger partial charge in [0, 0.05) is 13.1 Å². The minimum Gasteiger partial charge on any atom is -0.336 e. The third-order valence-corrected chi connectivity index (χ3v) is 1.98. The van der Waals surface area contributed by atoms with Crippen molar-refractivity contribution < 1.29 is 4.79 Å². The van der Waals surface area contributed by atoms with E-state index in [-0.39, 0.29) is 11.7 Å². The van der Waals surface area contributed by atoms with Gasteiger partial charge in [0.1, 0.15) is 0 Å². The van der Waals surface area contributed by atoms with Gasteiger partial charge in [0.2, 0.25) is 5.82 Å². The molecule has 1 heterocycles. The summed E-state index contributed by atoms with van der Waals surface area (Å²) < 4.78 is 0. The van der Waals surface area contributed by atoms with E-state index in [1.807, 2.05) is 13.8 Å². The van der Waals surface area contributed by atoms with Crippen LogP contribution in [-0.2, 0) is 0 Å². The van der Waals surface area contributed by atoms with Crippen molar-refractivity contribution in [1.82, 2.24) is 20.1 Å². The number of rotatable bonds is 5. The Morgan fingerprint density at radius 2 is 1.93 bits per heavy atom. The second-order valence-electron chi connectivity index (χ2n) is 3.32. The number of hydrogen-bond donors (Lipinski definition) is 2. The summed E-state index contributed by atoms with van der Waals surface area (Å²) in [5.74, 6) is -0.140. The maximum Gasteiger partial charge on any atom is 0.341 e. The standard InChI is InChI=1S/C9H16N4O2/c1-3-5-13(6-4-2)8(14)7-10-9(15)12-11-7/h3-6H2,1-2H3,(H2,10,11,12,15). The van der Waals surface area contributed by atoms with Crippen LogP contribution < -0.4 is 5.69 Å². The molecule has 84 valence electrons. The van der Waals surface area contributed by atoms with E-state index < -0.39 is 5.69 Å². The quantitative estimate of drug-likeness (QED) is 0.739. The normalized spacial score (nSPS) is 10.3. The van der Waals surface area contributed by atoms with Crippen molar-refractivity contribution in [3.05, 3.63) is 16.3 Å². The van der Waals surface area contributed by atoms with E-state index in [0.29, 0.717) is 13.1 Å². The second kappa shape index (κ2) is 5.33. The molecule has 1 rings (SSSR count). The van der Waals surface area contributed by atoms with E-state index in [2.05, 4.69) is 15.2 Å². The van der Waals surface area contributed by atoms with Crippen molar-refractivity contribution in [1.29, 1.82) is 0 Å². The molecular weight excluding hydrogens is 196 g/mol. The lowest BCUT2D eigenvalue weighted by molar-refractivity contribution is 0.0743. The minimum atomic E-state index is -0.453. The number of amides is 1. The molecule has 15 heavy (non-hydrogen) atoms. The molecule has 6 nitrogen and oxygen atoms in total. The molecule has 0 aliphatic carbocycles. The maximum atomic E-state index is 11.8. The molecule has 6 heteroatoms. The first-order valence-electron chi connectivity index (χ1n) is 5.13. The van der Waals surface area contributed by atoms with Gasteiger partial charge in [0.05, 0.1) is 0 Å². The highest BCUT2D eigenvalue weighted by atomic mass is 16.2. The van der Waals surface area contributed by atoms with E-state index in [0.717, 1.165) is 12.8 Å². The molecule has 2 N–H and O–H groups in total. The van der Waals surface area contributed by atoms with Crippen LogP contribution in [0.4, 0.5) is 0 Å². The molecule has 0 radical (unpaired) electrons. The van der Waals surface area contributed by atoms with E-state index in [9.17, 15) is 9.59 Å². The molecule has 1 aromatic rings. The topological polar surface area (TPSA) is 81.8 Å². The summed E-state index contributed by atoms with van der Waals surface area (Å²) in [6.07, 6.45) is 1.78. The lowest BCUT2D eigenvalue weighted by Gasteiger charge is -2.19. The number of nitrogens with one attached hydrogen (secondary N) is 2. The van der Waals surface area contributed by atoms with E-state index in [4.69, 9.17) is 0 Å². The lowest BCUT2D eigenvalue weighted by atomic mass is 10.3. The zero-order chi connectivity index (χ0) is 11.3. The highest BCUT2D eigenvalue weighted by Crippen LogP contribution is 1.99. The molecule has 0 saturated carbocycles. The summed E-state index contributed by atoms with van der Waals surface area (Å²) in [5, 5.41) is 5.80. The van der Waals surface area contributed by atoms with Gasteiger partial charge in [0.15, 0.2) is 0 Å². The molecule has 0 aliphatic rings. The van der Waals surface area contributed by atoms with Crippen molar-refractivity contribution in [2.45, 2.75) is 26.7 Å². The van der Waals surface area contributed by atoms with Crippen LogP contribution in [0.25, 0.3) is 0 Å². The Hall–Kier alpha value is -1.59. The molecule has 0 aromatic carbocycles. The number of carbonyl (C=O) groups is 1. The van der Waals surface area contributed by atoms with Crippen LogP contribution in [0, 0.1) is 0 Å². The number of hydrogen-bond acceptors (Lipinski definition) is 3. The van der Waals surface area contributed by atoms with Crippen molar-refractivity contribution >= 4 is 5.91 Å². The second-order valence-corrected chi connectivity index (χ2v) is 3.32. The van der Waals surface area contributed by atoms with Gasteiger partial charge < -0.3 is 4.90 Å². The first kappa shape index (κ1) is 11.5. The SMILES string of the molecule is CCCN(CCC)C(=O)c1n[nH]c(=O)[nH]1. The Morgan fingerprint density at radius 3 is 2.33 bits per heavy atom. The molecule has 0 atom stereocenters. The Kier molecular flexibility index (Phi) is 4.08. The Balaban J connectivity index is 2.75. The first-order valence-corrected chi connectivity index (χ1v) is 5.13. The minimum absolute atomic E-state index is 0.0851. The Morgan fingerprint density at radius 1 is 1.33 bits per heavy atom. The first-order chi connectivity index (χ1) is 7.19. The van der Waals surface area contributed by atoms with Crippen molar-refractivity contribution in [3.63, 3.8) is 0 Å². The van der Waals surface area contributed by atoms with Gasteiger partial charge in [-0.2, -0.15) is 0 Å². The number of aromatic nitrogens is 3. The number of aromatic amines is 2. The van der Waals surface area contributed by atoms with Gasteiger partial charge in [-0.05, 0) is 12.8 Å². The van der Waals surface area contributed by atoms with Gasteiger partial charge in [0.25, 0.3) is 5.91 Å². The summed E-state index contributed by atoms with van der Waals surface area (Å²) in [7, 11) is 0. The number of H-pyrrole nitrogens is 2. The van der Waals surface area contributed by atoms with Crippen LogP contribution >= 0.6 is 0 Å². The molecule has 1 aromatic heterocycles. The molecular formula is C9H16N4O2. The smallest absolute Gasteiger partial charge is 0.336 e. The van der Waals surface area contributed by atoms with Gasteiger partial charge >= 0.3 is 5.69 Å². The maximum absolute atomic E-state index is 11.8. The largest absolute Gasteiger partial charge is 0.341 e. The van der Waals surface area contributed by atoms with E-state index >= 15 is 0 Å². The average molecular weight is 212 g/mol. The highest BCUT2D eigenvalue weighted by Gasteiger charge is 2.17. The summed E-state index contributed by atoms with van der Waals surface area (Å²) in [6.45, 7) is 5.37. The Bertz CT molecular complexity index is 362. The van der Waals surface area contributed by atoms with Crippen LogP contribution in [0.15, 0.2) is 4.79 Å². The molecule has 0 aliphatic heterocycles. The number of carbonyl (C=O) groups excluding carboxylic acids is 1. The van der Waals surface area contributed by atoms with Gasteiger partial charge in [-0.1, -0.05) is 13.8 Å². The zero-order valence-corrected chi connectivity index (χ0v) is 9.04. The summed E-state index contributed by atoms with van der Waals surface area (Å²) >= 11 is 0. The van der Waals surface area contributed by atoms with Crippen LogP contribution in [0.5, 0.6) is 0 Å². The van der Waals surface area contributed by atoms with Crippen molar-refractivity contribution in [2.24, 2.45) is 0 Å². The average Bonchev–Trinajstić information content (AvgIpc) is 2.63. The monoisotopic (exact) mass is 212 g/mol. The number of nitrogens with zero attached hydrogens (tertiary/aromatic N) is 2. The molecule has 1 amide bonds. The van der Waals surface area contributed by atoms with Gasteiger partial charge in [-0.3, -0.25) is 9.78 Å². The van der Waals surface area contributed by atoms with Gasteiger partial charge in [-0.25, -0.2) is 9.89 Å². The molecule has 0 spiro atoms. The van der Waals surface area contributed by atoms with Crippen molar-refractivity contribution in [2.75, 3.05) is 13.1 Å². The Labute approximate surface area is 87.7 Å². The van der Waals surface area contributed by atoms with Crippen LogP contribution in [-0.4, -0.2) is 39.1 Å². The predicted octanol–water partition coefficient (Wildman–Crippen LogP) is 0.360. The predicted molar refractivity (Wildman–Crippen MR) is 55.7 cm³/mol.